The predicted octanol–water partition coefficient (Wildman–Crippen LogP) is 0.644. The van der Waals surface area contributed by atoms with Crippen molar-refractivity contribution in [1.82, 2.24) is 15.3 Å². The standard InChI is InChI=1S/C7H8F3N3O2/c1-13-3-2-5(11-13)6(14)12-15-4-7(8,9)10/h2-3H,4H2,1H3,(H,12,14). The molecule has 0 radical (unpaired) electrons. The van der Waals surface area contributed by atoms with Crippen LogP contribution in [0.4, 0.5) is 13.2 Å². The van der Waals surface area contributed by atoms with E-state index in [0.29, 0.717) is 0 Å². The highest BCUT2D eigenvalue weighted by Crippen LogP contribution is 2.13. The number of hydroxylamine groups is 1. The zero-order chi connectivity index (χ0) is 11.5. The van der Waals surface area contributed by atoms with Gasteiger partial charge in [0.1, 0.15) is 0 Å². The van der Waals surface area contributed by atoms with Crippen LogP contribution in [-0.2, 0) is 11.9 Å². The third kappa shape index (κ3) is 3.98. The molecule has 0 bridgehead atoms. The van der Waals surface area contributed by atoms with Crippen molar-refractivity contribution >= 4 is 5.91 Å². The van der Waals surface area contributed by atoms with Gasteiger partial charge in [-0.2, -0.15) is 18.3 Å². The molecule has 0 unspecified atom stereocenters. The molecule has 84 valence electrons. The minimum atomic E-state index is -4.47. The lowest BCUT2D eigenvalue weighted by Gasteiger charge is -2.06. The Balaban J connectivity index is 2.37. The number of aryl methyl sites for hydroxylation is 1. The summed E-state index contributed by atoms with van der Waals surface area (Å²) in [5.41, 5.74) is 1.62. The van der Waals surface area contributed by atoms with Gasteiger partial charge in [0.2, 0.25) is 0 Å². The van der Waals surface area contributed by atoms with E-state index in [1.54, 1.807) is 12.5 Å². The molecule has 0 aliphatic carbocycles. The molecular formula is C7H8F3N3O2. The average Bonchev–Trinajstić information content (AvgIpc) is 2.49. The quantitative estimate of drug-likeness (QED) is 0.765. The molecule has 0 fully saturated rings. The minimum absolute atomic E-state index is 0.0142. The molecule has 0 aliphatic rings. The number of carbonyl (C=O) groups is 1. The summed E-state index contributed by atoms with van der Waals surface area (Å²) in [6.45, 7) is -1.54. The van der Waals surface area contributed by atoms with Gasteiger partial charge in [0.25, 0.3) is 5.91 Å². The molecule has 15 heavy (non-hydrogen) atoms. The topological polar surface area (TPSA) is 56.2 Å². The van der Waals surface area contributed by atoms with Crippen LogP contribution in [0.2, 0.25) is 0 Å². The number of carbonyl (C=O) groups excluding carboxylic acids is 1. The molecule has 0 atom stereocenters. The summed E-state index contributed by atoms with van der Waals surface area (Å²) in [7, 11) is 1.58. The van der Waals surface area contributed by atoms with Gasteiger partial charge in [0.05, 0.1) is 0 Å². The number of aromatic nitrogens is 2. The monoisotopic (exact) mass is 223 g/mol. The molecule has 1 amide bonds. The third-order valence-corrected chi connectivity index (χ3v) is 1.35. The first-order chi connectivity index (χ1) is 6.88. The van der Waals surface area contributed by atoms with E-state index < -0.39 is 18.7 Å². The Hall–Kier alpha value is -1.57. The maximum atomic E-state index is 11.6. The van der Waals surface area contributed by atoms with Crippen LogP contribution in [0.1, 0.15) is 10.5 Å². The van der Waals surface area contributed by atoms with Gasteiger partial charge >= 0.3 is 6.18 Å². The second kappa shape index (κ2) is 4.30. The van der Waals surface area contributed by atoms with Gasteiger partial charge in [-0.3, -0.25) is 14.3 Å². The summed E-state index contributed by atoms with van der Waals surface area (Å²) in [5, 5.41) is 3.67. The molecule has 8 heteroatoms. The highest BCUT2D eigenvalue weighted by Gasteiger charge is 2.28. The lowest BCUT2D eigenvalue weighted by molar-refractivity contribution is -0.184. The molecule has 1 heterocycles. The Morgan fingerprint density at radius 1 is 1.67 bits per heavy atom. The summed E-state index contributed by atoms with van der Waals surface area (Å²) in [6, 6.07) is 1.35. The lowest BCUT2D eigenvalue weighted by Crippen LogP contribution is -2.29. The lowest BCUT2D eigenvalue weighted by atomic mass is 10.4. The van der Waals surface area contributed by atoms with Crippen LogP contribution in [0.5, 0.6) is 0 Å². The van der Waals surface area contributed by atoms with Crippen LogP contribution in [0.3, 0.4) is 0 Å². The van der Waals surface area contributed by atoms with Crippen molar-refractivity contribution < 1.29 is 22.8 Å². The fourth-order valence-electron chi connectivity index (χ4n) is 0.772. The van der Waals surface area contributed by atoms with Gasteiger partial charge in [-0.25, -0.2) is 5.48 Å². The van der Waals surface area contributed by atoms with Gasteiger partial charge < -0.3 is 0 Å². The van der Waals surface area contributed by atoms with E-state index in [1.807, 2.05) is 0 Å². The van der Waals surface area contributed by atoms with Gasteiger partial charge in [-0.05, 0) is 6.07 Å². The zero-order valence-corrected chi connectivity index (χ0v) is 7.71. The number of halogens is 3. The van der Waals surface area contributed by atoms with Crippen molar-refractivity contribution in [3.05, 3.63) is 18.0 Å². The molecule has 0 aromatic carbocycles. The maximum Gasteiger partial charge on any atom is 0.414 e. The van der Waals surface area contributed by atoms with E-state index in [-0.39, 0.29) is 5.69 Å². The normalized spacial score (nSPS) is 11.5. The molecular weight excluding hydrogens is 215 g/mol. The van der Waals surface area contributed by atoms with Crippen molar-refractivity contribution in [3.8, 4) is 0 Å². The highest BCUT2D eigenvalue weighted by atomic mass is 19.4. The van der Waals surface area contributed by atoms with E-state index in [9.17, 15) is 18.0 Å². The van der Waals surface area contributed by atoms with E-state index >= 15 is 0 Å². The molecule has 0 saturated carbocycles. The van der Waals surface area contributed by atoms with Crippen LogP contribution in [0.25, 0.3) is 0 Å². The number of nitrogens with zero attached hydrogens (tertiary/aromatic N) is 2. The van der Waals surface area contributed by atoms with Crippen LogP contribution in [-0.4, -0.2) is 28.5 Å². The summed E-state index contributed by atoms with van der Waals surface area (Å²) >= 11 is 0. The van der Waals surface area contributed by atoms with E-state index in [2.05, 4.69) is 9.94 Å². The number of alkyl halides is 3. The fourth-order valence-corrected chi connectivity index (χ4v) is 0.772. The number of rotatable bonds is 3. The predicted molar refractivity (Wildman–Crippen MR) is 42.7 cm³/mol. The summed E-state index contributed by atoms with van der Waals surface area (Å²) in [6.07, 6.45) is -2.99. The SMILES string of the molecule is Cn1ccc(C(=O)NOCC(F)(F)F)n1. The molecule has 1 N–H and O–H groups in total. The van der Waals surface area contributed by atoms with E-state index in [0.717, 1.165) is 0 Å². The smallest absolute Gasteiger partial charge is 0.275 e. The van der Waals surface area contributed by atoms with Crippen LogP contribution in [0, 0.1) is 0 Å². The third-order valence-electron chi connectivity index (χ3n) is 1.35. The summed E-state index contributed by atoms with van der Waals surface area (Å²) < 4.78 is 36.2. The minimum Gasteiger partial charge on any atom is -0.275 e. The van der Waals surface area contributed by atoms with Gasteiger partial charge in [0.15, 0.2) is 12.3 Å². The second-order valence-electron chi connectivity index (χ2n) is 2.71. The van der Waals surface area contributed by atoms with E-state index in [1.165, 1.54) is 16.9 Å². The van der Waals surface area contributed by atoms with Crippen LogP contribution in [0.15, 0.2) is 12.3 Å². The van der Waals surface area contributed by atoms with E-state index in [4.69, 9.17) is 0 Å². The largest absolute Gasteiger partial charge is 0.414 e. The summed E-state index contributed by atoms with van der Waals surface area (Å²) in [4.78, 5) is 15.0. The van der Waals surface area contributed by atoms with Crippen LogP contribution < -0.4 is 5.48 Å². The molecule has 1 aromatic heterocycles. The van der Waals surface area contributed by atoms with Crippen molar-refractivity contribution in [2.75, 3.05) is 6.61 Å². The Labute approximate surface area is 82.8 Å². The summed E-state index contributed by atoms with van der Waals surface area (Å²) in [5.74, 6) is -0.820. The number of amides is 1. The highest BCUT2D eigenvalue weighted by molar-refractivity contribution is 5.91. The fraction of sp³-hybridized carbons (Fsp3) is 0.429. The molecule has 5 nitrogen and oxygen atoms in total. The molecule has 1 rings (SSSR count). The first kappa shape index (κ1) is 11.5. The average molecular weight is 223 g/mol. The Morgan fingerprint density at radius 3 is 2.80 bits per heavy atom. The van der Waals surface area contributed by atoms with Crippen molar-refractivity contribution in [2.45, 2.75) is 6.18 Å². The first-order valence-corrected chi connectivity index (χ1v) is 3.87. The number of nitrogens with one attached hydrogen (secondary N) is 1. The molecule has 0 aliphatic heterocycles. The van der Waals surface area contributed by atoms with Crippen molar-refractivity contribution in [2.24, 2.45) is 7.05 Å². The number of hydrogen-bond acceptors (Lipinski definition) is 3. The molecule has 0 spiro atoms. The van der Waals surface area contributed by atoms with Gasteiger partial charge in [-0.1, -0.05) is 0 Å². The Bertz CT molecular complexity index is 347. The zero-order valence-electron chi connectivity index (χ0n) is 7.71. The van der Waals surface area contributed by atoms with Crippen LogP contribution >= 0.6 is 0 Å². The molecule has 1 aromatic rings. The second-order valence-corrected chi connectivity index (χ2v) is 2.71. The first-order valence-electron chi connectivity index (χ1n) is 3.87. The Kier molecular flexibility index (Phi) is 3.30. The Morgan fingerprint density at radius 2 is 2.33 bits per heavy atom. The maximum absolute atomic E-state index is 11.6. The van der Waals surface area contributed by atoms with Crippen molar-refractivity contribution in [3.63, 3.8) is 0 Å². The van der Waals surface area contributed by atoms with Gasteiger partial charge in [0, 0.05) is 13.2 Å². The van der Waals surface area contributed by atoms with Gasteiger partial charge in [-0.15, -0.1) is 0 Å². The molecule has 0 saturated heterocycles. The number of hydrogen-bond donors (Lipinski definition) is 1. The van der Waals surface area contributed by atoms with Crippen molar-refractivity contribution in [1.29, 1.82) is 0 Å².